The van der Waals surface area contributed by atoms with Gasteiger partial charge in [-0.25, -0.2) is 0 Å². The quantitative estimate of drug-likeness (QED) is 0.148. The first-order chi connectivity index (χ1) is 23.2. The van der Waals surface area contributed by atoms with Crippen LogP contribution in [0.5, 0.6) is 0 Å². The Kier molecular flexibility index (Phi) is 4.11. The van der Waals surface area contributed by atoms with E-state index in [2.05, 4.69) is 117 Å². The molecule has 0 radical (unpaired) electrons. The van der Waals surface area contributed by atoms with Crippen molar-refractivity contribution in [1.82, 2.24) is 0 Å². The van der Waals surface area contributed by atoms with Crippen LogP contribution < -0.4 is 0 Å². The molecular formula is C43H30. The summed E-state index contributed by atoms with van der Waals surface area (Å²) in [7, 11) is 0. The van der Waals surface area contributed by atoms with Gasteiger partial charge in [-0.2, -0.15) is 0 Å². The van der Waals surface area contributed by atoms with Crippen LogP contribution in [0.25, 0.3) is 76.5 Å². The number of benzene rings is 8. The van der Waals surface area contributed by atoms with Gasteiger partial charge in [0.15, 0.2) is 0 Å². The van der Waals surface area contributed by atoms with Crippen molar-refractivity contribution < 1.29 is 6.85 Å². The minimum atomic E-state index is -0.386. The van der Waals surface area contributed by atoms with E-state index in [1.54, 1.807) is 0 Å². The number of fused-ring (bicyclic) bond motifs is 6. The highest BCUT2D eigenvalue weighted by molar-refractivity contribution is 6.24. The van der Waals surface area contributed by atoms with Gasteiger partial charge in [0.05, 0.1) is 6.85 Å². The molecule has 0 saturated heterocycles. The lowest BCUT2D eigenvalue weighted by molar-refractivity contribution is 0.645. The summed E-state index contributed by atoms with van der Waals surface area (Å²) in [4.78, 5) is 0. The second kappa shape index (κ2) is 8.90. The van der Waals surface area contributed by atoms with Crippen molar-refractivity contribution >= 4 is 43.1 Å². The lowest BCUT2D eigenvalue weighted by Crippen LogP contribution is -2.23. The predicted octanol–water partition coefficient (Wildman–Crippen LogP) is 11.9. The second-order valence-electron chi connectivity index (χ2n) is 12.1. The van der Waals surface area contributed by atoms with Gasteiger partial charge in [-0.1, -0.05) is 153 Å². The van der Waals surface area contributed by atoms with Crippen molar-refractivity contribution in [2.75, 3.05) is 0 Å². The van der Waals surface area contributed by atoms with Crippen molar-refractivity contribution in [3.63, 3.8) is 0 Å². The molecule has 0 spiro atoms. The van der Waals surface area contributed by atoms with Crippen LogP contribution in [0.1, 0.15) is 31.8 Å². The summed E-state index contributed by atoms with van der Waals surface area (Å²) in [5.41, 5.74) is 8.25. The fourth-order valence-corrected chi connectivity index (χ4v) is 7.58. The van der Waals surface area contributed by atoms with Gasteiger partial charge >= 0.3 is 0 Å². The number of hydrogen-bond donors (Lipinski definition) is 0. The number of rotatable bonds is 2. The maximum Gasteiger partial charge on any atom is 0.0629 e. The van der Waals surface area contributed by atoms with Gasteiger partial charge in [-0.05, 0) is 93.7 Å². The fraction of sp³-hybridized carbons (Fsp3) is 0.0698. The third-order valence-electron chi connectivity index (χ3n) is 9.55. The molecule has 0 saturated carbocycles. The van der Waals surface area contributed by atoms with Crippen molar-refractivity contribution in [3.05, 3.63) is 157 Å². The van der Waals surface area contributed by atoms with E-state index in [1.165, 1.54) is 49.5 Å². The first kappa shape index (κ1) is 19.8. The zero-order valence-electron chi connectivity index (χ0n) is 29.0. The molecule has 0 fully saturated rings. The maximum absolute atomic E-state index is 8.70. The first-order valence-corrected chi connectivity index (χ1v) is 14.8. The first-order valence-electron chi connectivity index (χ1n) is 17.3. The van der Waals surface area contributed by atoms with Crippen LogP contribution in [0.2, 0.25) is 0 Å². The van der Waals surface area contributed by atoms with Gasteiger partial charge in [0, 0.05) is 5.41 Å². The van der Waals surface area contributed by atoms with Crippen LogP contribution in [-0.2, 0) is 5.41 Å². The summed E-state index contributed by atoms with van der Waals surface area (Å²) >= 11 is 0. The highest BCUT2D eigenvalue weighted by Crippen LogP contribution is 2.51. The second-order valence-corrected chi connectivity index (χ2v) is 12.1. The van der Waals surface area contributed by atoms with E-state index in [0.29, 0.717) is 5.56 Å². The van der Waals surface area contributed by atoms with E-state index in [1.807, 2.05) is 12.1 Å². The zero-order chi connectivity index (χ0) is 33.1. The van der Waals surface area contributed by atoms with E-state index >= 15 is 0 Å². The van der Waals surface area contributed by atoms with Gasteiger partial charge in [0.2, 0.25) is 0 Å². The van der Waals surface area contributed by atoms with Gasteiger partial charge in [0.1, 0.15) is 0 Å². The van der Waals surface area contributed by atoms with E-state index in [4.69, 9.17) is 6.85 Å². The molecule has 0 bridgehead atoms. The third-order valence-corrected chi connectivity index (χ3v) is 9.55. The van der Waals surface area contributed by atoms with E-state index in [-0.39, 0.29) is 41.2 Å². The van der Waals surface area contributed by atoms with Crippen LogP contribution in [-0.4, -0.2) is 0 Å². The highest BCUT2D eigenvalue weighted by atomic mass is 14.4. The summed E-state index contributed by atoms with van der Waals surface area (Å²) < 4.78 is 42.1. The Labute approximate surface area is 258 Å². The van der Waals surface area contributed by atoms with Gasteiger partial charge < -0.3 is 0 Å². The Morgan fingerprint density at radius 1 is 0.465 bits per heavy atom. The Balaban J connectivity index is 1.39. The van der Waals surface area contributed by atoms with Crippen LogP contribution in [0.3, 0.4) is 0 Å². The molecule has 0 atom stereocenters. The monoisotopic (exact) mass is 551 g/mol. The molecule has 1 aliphatic rings. The smallest absolute Gasteiger partial charge is 0.0622 e. The van der Waals surface area contributed by atoms with Crippen molar-refractivity contribution in [1.29, 1.82) is 0 Å². The molecule has 8 aromatic carbocycles. The van der Waals surface area contributed by atoms with E-state index < -0.39 is 0 Å². The predicted molar refractivity (Wildman–Crippen MR) is 185 cm³/mol. The normalized spacial score (nSPS) is 15.2. The topological polar surface area (TPSA) is 0 Å². The Morgan fingerprint density at radius 3 is 2.05 bits per heavy atom. The molecule has 0 heterocycles. The Bertz CT molecular complexity index is 2670. The number of hydrogen-bond acceptors (Lipinski definition) is 0. The third kappa shape index (κ3) is 3.38. The molecule has 0 aromatic heterocycles. The molecule has 0 amide bonds. The zero-order valence-corrected chi connectivity index (χ0v) is 24.0. The van der Waals surface area contributed by atoms with E-state index in [9.17, 15) is 0 Å². The standard InChI is InChI=1S/C43H30/c1-43(2)39-21-9-8-16-33(39)34-19-11-20-35-36(24-25-40(43)42(34)35)41-30-15-7-6-14-28(30)26-38-31-18-10-17-29(27-12-4-3-5-13-27)32(31)22-23-37(38)41/h3-26H,1-2H3/i3D,4D,5D,12D,13D. The van der Waals surface area contributed by atoms with Crippen molar-refractivity contribution in [2.24, 2.45) is 0 Å². The van der Waals surface area contributed by atoms with Crippen LogP contribution in [0.15, 0.2) is 145 Å². The molecular weight excluding hydrogens is 516 g/mol. The lowest BCUT2D eigenvalue weighted by atomic mass is 9.68. The molecule has 202 valence electrons. The summed E-state index contributed by atoms with van der Waals surface area (Å²) in [5, 5.41) is 8.79. The summed E-state index contributed by atoms with van der Waals surface area (Å²) in [6.07, 6.45) is 0. The van der Waals surface area contributed by atoms with Gasteiger partial charge in [-0.3, -0.25) is 0 Å². The molecule has 0 N–H and O–H groups in total. The average molecular weight is 552 g/mol. The minimum absolute atomic E-state index is 0.154. The molecule has 0 nitrogen and oxygen atoms in total. The van der Waals surface area contributed by atoms with Gasteiger partial charge in [-0.15, -0.1) is 0 Å². The molecule has 1 aliphatic carbocycles. The van der Waals surface area contributed by atoms with Crippen molar-refractivity contribution in [2.45, 2.75) is 19.3 Å². The molecule has 8 aromatic rings. The Morgan fingerprint density at radius 2 is 1.16 bits per heavy atom. The van der Waals surface area contributed by atoms with Crippen LogP contribution >= 0.6 is 0 Å². The van der Waals surface area contributed by atoms with E-state index in [0.717, 1.165) is 26.9 Å². The summed E-state index contributed by atoms with van der Waals surface area (Å²) in [5.74, 6) is 0. The Hall–Kier alpha value is -5.20. The fourth-order valence-electron chi connectivity index (χ4n) is 7.58. The van der Waals surface area contributed by atoms with Crippen LogP contribution in [0, 0.1) is 0 Å². The maximum atomic E-state index is 8.70. The van der Waals surface area contributed by atoms with Crippen molar-refractivity contribution in [3.8, 4) is 33.4 Å². The summed E-state index contributed by atoms with van der Waals surface area (Å²) in [6, 6.07) is 39.4. The molecule has 43 heavy (non-hydrogen) atoms. The average Bonchev–Trinajstić information content (AvgIpc) is 3.11. The highest BCUT2D eigenvalue weighted by Gasteiger charge is 2.33. The SMILES string of the molecule is [2H]c1c([2H])c([2H])c(-c2cccc3c2ccc2c(-c4ccc5c6c(cccc46)-c4ccccc4C5(C)C)c4ccccc4cc23)c([2H])c1[2H]. The molecule has 9 rings (SSSR count). The molecule has 0 aliphatic heterocycles. The van der Waals surface area contributed by atoms with Crippen LogP contribution in [0.4, 0.5) is 0 Å². The molecule has 0 unspecified atom stereocenters. The summed E-state index contributed by atoms with van der Waals surface area (Å²) in [6.45, 7) is 4.64. The largest absolute Gasteiger partial charge is 0.0629 e. The van der Waals surface area contributed by atoms with Gasteiger partial charge in [0.25, 0.3) is 0 Å². The lowest BCUT2D eigenvalue weighted by Gasteiger charge is -2.35. The minimum Gasteiger partial charge on any atom is -0.0622 e. The molecule has 0 heteroatoms.